The van der Waals surface area contributed by atoms with Gasteiger partial charge in [-0.1, -0.05) is 6.92 Å². The van der Waals surface area contributed by atoms with Crippen molar-refractivity contribution in [1.29, 1.82) is 0 Å². The summed E-state index contributed by atoms with van der Waals surface area (Å²) in [6, 6.07) is -0.0549. The fourth-order valence-electron chi connectivity index (χ4n) is 1.30. The van der Waals surface area contributed by atoms with E-state index in [4.69, 9.17) is 15.2 Å². The van der Waals surface area contributed by atoms with Gasteiger partial charge in [0.15, 0.2) is 0 Å². The number of methoxy groups -OCH3 is 1. The van der Waals surface area contributed by atoms with Gasteiger partial charge >= 0.3 is 0 Å². The summed E-state index contributed by atoms with van der Waals surface area (Å²) >= 11 is 0. The molecular formula is C11H19N3O2. The summed E-state index contributed by atoms with van der Waals surface area (Å²) in [5.41, 5.74) is 6.66. The minimum atomic E-state index is -0.0549. The summed E-state index contributed by atoms with van der Waals surface area (Å²) < 4.78 is 10.4. The van der Waals surface area contributed by atoms with Crippen molar-refractivity contribution in [2.24, 2.45) is 5.73 Å². The maximum absolute atomic E-state index is 5.83. The molecule has 5 heteroatoms. The van der Waals surface area contributed by atoms with Gasteiger partial charge in [0.1, 0.15) is 0 Å². The highest BCUT2D eigenvalue weighted by molar-refractivity contribution is 5.09. The van der Waals surface area contributed by atoms with Crippen LogP contribution in [-0.4, -0.2) is 36.3 Å². The lowest BCUT2D eigenvalue weighted by atomic mass is 10.2. The minimum absolute atomic E-state index is 0.0549. The van der Waals surface area contributed by atoms with E-state index < -0.39 is 0 Å². The summed E-state index contributed by atoms with van der Waals surface area (Å²) in [6.45, 7) is 3.22. The first kappa shape index (κ1) is 12.9. The van der Waals surface area contributed by atoms with Crippen molar-refractivity contribution in [3.05, 3.63) is 18.1 Å². The van der Waals surface area contributed by atoms with Gasteiger partial charge in [-0.05, 0) is 6.42 Å². The largest absolute Gasteiger partial charge is 0.477 e. The molecule has 0 fully saturated rings. The summed E-state index contributed by atoms with van der Waals surface area (Å²) in [5, 5.41) is 0. The Kier molecular flexibility index (Phi) is 5.74. The lowest BCUT2D eigenvalue weighted by Gasteiger charge is -2.10. The second-order valence-electron chi connectivity index (χ2n) is 3.62. The molecule has 0 aliphatic rings. The Morgan fingerprint density at radius 2 is 2.25 bits per heavy atom. The molecule has 1 rings (SSSR count). The predicted molar refractivity (Wildman–Crippen MR) is 61.4 cm³/mol. The third-order valence-electron chi connectivity index (χ3n) is 1.97. The first-order valence-electron chi connectivity index (χ1n) is 5.44. The van der Waals surface area contributed by atoms with Crippen LogP contribution in [0.3, 0.4) is 0 Å². The molecule has 1 aromatic rings. The van der Waals surface area contributed by atoms with E-state index in [1.54, 1.807) is 19.5 Å². The normalized spacial score (nSPS) is 12.4. The number of nitrogens with zero attached hydrogens (tertiary/aromatic N) is 2. The molecule has 0 saturated carbocycles. The molecule has 5 nitrogen and oxygen atoms in total. The van der Waals surface area contributed by atoms with E-state index in [-0.39, 0.29) is 6.04 Å². The molecule has 0 amide bonds. The zero-order chi connectivity index (χ0) is 11.8. The minimum Gasteiger partial charge on any atom is -0.477 e. The molecule has 90 valence electrons. The molecular weight excluding hydrogens is 206 g/mol. The third kappa shape index (κ3) is 4.55. The Labute approximate surface area is 96.0 Å². The second-order valence-corrected chi connectivity index (χ2v) is 3.62. The van der Waals surface area contributed by atoms with Crippen LogP contribution in [0.25, 0.3) is 0 Å². The third-order valence-corrected chi connectivity index (χ3v) is 1.97. The van der Waals surface area contributed by atoms with Gasteiger partial charge < -0.3 is 15.2 Å². The lowest BCUT2D eigenvalue weighted by molar-refractivity contribution is 0.179. The van der Waals surface area contributed by atoms with E-state index in [9.17, 15) is 0 Å². The monoisotopic (exact) mass is 225 g/mol. The highest BCUT2D eigenvalue weighted by Crippen LogP contribution is 2.07. The first-order chi connectivity index (χ1) is 7.76. The van der Waals surface area contributed by atoms with Crippen molar-refractivity contribution >= 4 is 0 Å². The Morgan fingerprint density at radius 1 is 1.44 bits per heavy atom. The Balaban J connectivity index is 2.52. The molecule has 1 atom stereocenters. The van der Waals surface area contributed by atoms with Crippen molar-refractivity contribution in [3.8, 4) is 5.88 Å². The van der Waals surface area contributed by atoms with Gasteiger partial charge in [-0.3, -0.25) is 4.98 Å². The van der Waals surface area contributed by atoms with E-state index in [1.165, 1.54) is 0 Å². The highest BCUT2D eigenvalue weighted by atomic mass is 16.5. The van der Waals surface area contributed by atoms with E-state index in [0.29, 0.717) is 25.5 Å². The Morgan fingerprint density at radius 3 is 2.94 bits per heavy atom. The van der Waals surface area contributed by atoms with E-state index in [1.807, 2.05) is 6.92 Å². The van der Waals surface area contributed by atoms with Crippen molar-refractivity contribution < 1.29 is 9.47 Å². The average molecular weight is 225 g/mol. The van der Waals surface area contributed by atoms with Crippen LogP contribution >= 0.6 is 0 Å². The number of ether oxygens (including phenoxy) is 2. The Bertz CT molecular complexity index is 307. The SMILES string of the molecule is CCCOc1cncc(CC(N)COC)n1. The van der Waals surface area contributed by atoms with Crippen LogP contribution in [0.1, 0.15) is 19.0 Å². The van der Waals surface area contributed by atoms with Gasteiger partial charge in [0.2, 0.25) is 5.88 Å². The van der Waals surface area contributed by atoms with Crippen LogP contribution in [0, 0.1) is 0 Å². The van der Waals surface area contributed by atoms with Gasteiger partial charge in [0.25, 0.3) is 0 Å². The summed E-state index contributed by atoms with van der Waals surface area (Å²) in [6.07, 6.45) is 4.91. The van der Waals surface area contributed by atoms with Crippen LogP contribution in [0.15, 0.2) is 12.4 Å². The van der Waals surface area contributed by atoms with Crippen molar-refractivity contribution in [1.82, 2.24) is 9.97 Å². The van der Waals surface area contributed by atoms with Crippen LogP contribution in [0.5, 0.6) is 5.88 Å². The number of hydrogen-bond acceptors (Lipinski definition) is 5. The molecule has 0 aliphatic heterocycles. The van der Waals surface area contributed by atoms with Crippen LogP contribution in [0.4, 0.5) is 0 Å². The molecule has 0 saturated heterocycles. The molecule has 0 radical (unpaired) electrons. The van der Waals surface area contributed by atoms with Crippen molar-refractivity contribution in [3.63, 3.8) is 0 Å². The van der Waals surface area contributed by atoms with Gasteiger partial charge in [-0.2, -0.15) is 0 Å². The van der Waals surface area contributed by atoms with Gasteiger partial charge in [-0.25, -0.2) is 4.98 Å². The zero-order valence-electron chi connectivity index (χ0n) is 9.85. The van der Waals surface area contributed by atoms with Crippen LogP contribution < -0.4 is 10.5 Å². The number of hydrogen-bond donors (Lipinski definition) is 1. The molecule has 0 bridgehead atoms. The number of aromatic nitrogens is 2. The summed E-state index contributed by atoms with van der Waals surface area (Å²) in [4.78, 5) is 8.38. The van der Waals surface area contributed by atoms with Crippen LogP contribution in [-0.2, 0) is 11.2 Å². The number of rotatable bonds is 7. The van der Waals surface area contributed by atoms with Crippen LogP contribution in [0.2, 0.25) is 0 Å². The fourth-order valence-corrected chi connectivity index (χ4v) is 1.30. The lowest BCUT2D eigenvalue weighted by Crippen LogP contribution is -2.28. The maximum atomic E-state index is 5.83. The van der Waals surface area contributed by atoms with Gasteiger partial charge in [0.05, 0.1) is 25.1 Å². The topological polar surface area (TPSA) is 70.3 Å². The average Bonchev–Trinajstić information content (AvgIpc) is 2.27. The van der Waals surface area contributed by atoms with E-state index in [0.717, 1.165) is 12.1 Å². The molecule has 1 aromatic heterocycles. The Hall–Kier alpha value is -1.20. The van der Waals surface area contributed by atoms with Gasteiger partial charge in [0, 0.05) is 25.8 Å². The second kappa shape index (κ2) is 7.14. The molecule has 0 spiro atoms. The smallest absolute Gasteiger partial charge is 0.232 e. The summed E-state index contributed by atoms with van der Waals surface area (Å²) in [5.74, 6) is 0.559. The molecule has 16 heavy (non-hydrogen) atoms. The van der Waals surface area contributed by atoms with Gasteiger partial charge in [-0.15, -0.1) is 0 Å². The van der Waals surface area contributed by atoms with Crippen molar-refractivity contribution in [2.45, 2.75) is 25.8 Å². The zero-order valence-corrected chi connectivity index (χ0v) is 9.85. The predicted octanol–water partition coefficient (Wildman–Crippen LogP) is 0.782. The van der Waals surface area contributed by atoms with E-state index >= 15 is 0 Å². The first-order valence-corrected chi connectivity index (χ1v) is 5.44. The number of nitrogens with two attached hydrogens (primary N) is 1. The quantitative estimate of drug-likeness (QED) is 0.742. The standard InChI is InChI=1S/C11H19N3O2/c1-3-4-16-11-7-13-6-10(14-11)5-9(12)8-15-2/h6-7,9H,3-5,8,12H2,1-2H3. The molecule has 0 aromatic carbocycles. The molecule has 2 N–H and O–H groups in total. The highest BCUT2D eigenvalue weighted by Gasteiger charge is 2.06. The van der Waals surface area contributed by atoms with E-state index in [2.05, 4.69) is 9.97 Å². The van der Waals surface area contributed by atoms with Crippen molar-refractivity contribution in [2.75, 3.05) is 20.3 Å². The maximum Gasteiger partial charge on any atom is 0.232 e. The molecule has 1 heterocycles. The molecule has 1 unspecified atom stereocenters. The fraction of sp³-hybridized carbons (Fsp3) is 0.636. The summed E-state index contributed by atoms with van der Waals surface area (Å²) in [7, 11) is 1.63. The molecule has 0 aliphatic carbocycles.